The maximum absolute atomic E-state index is 11.3. The monoisotopic (exact) mass is 381 g/mol. The average molecular weight is 381 g/mol. The summed E-state index contributed by atoms with van der Waals surface area (Å²) in [4.78, 5) is 0. The molecule has 0 radical (unpaired) electrons. The van der Waals surface area contributed by atoms with Crippen LogP contribution in [0.15, 0.2) is 24.3 Å². The highest BCUT2D eigenvalue weighted by Gasteiger charge is 2.13. The van der Waals surface area contributed by atoms with Crippen molar-refractivity contribution in [1.82, 2.24) is 5.32 Å². The van der Waals surface area contributed by atoms with Crippen LogP contribution in [-0.2, 0) is 9.84 Å². The zero-order chi connectivity index (χ0) is 13.6. The van der Waals surface area contributed by atoms with Gasteiger partial charge in [-0.1, -0.05) is 19.1 Å². The van der Waals surface area contributed by atoms with Gasteiger partial charge in [-0.2, -0.15) is 0 Å². The predicted molar refractivity (Wildman–Crippen MR) is 84.5 cm³/mol. The highest BCUT2D eigenvalue weighted by molar-refractivity contribution is 14.1. The quantitative estimate of drug-likeness (QED) is 0.739. The second-order valence-electron chi connectivity index (χ2n) is 4.48. The van der Waals surface area contributed by atoms with E-state index in [9.17, 15) is 8.42 Å². The first-order valence-corrected chi connectivity index (χ1v) is 9.23. The molecule has 0 saturated carbocycles. The molecule has 0 amide bonds. The van der Waals surface area contributed by atoms with Gasteiger partial charge in [0.2, 0.25) is 0 Å². The summed E-state index contributed by atoms with van der Waals surface area (Å²) in [6.45, 7) is 3.01. The van der Waals surface area contributed by atoms with Crippen LogP contribution in [0.5, 0.6) is 0 Å². The molecule has 0 aliphatic heterocycles. The lowest BCUT2D eigenvalue weighted by atomic mass is 10.0. The van der Waals surface area contributed by atoms with E-state index in [1.807, 2.05) is 0 Å². The van der Waals surface area contributed by atoms with Crippen molar-refractivity contribution in [3.63, 3.8) is 0 Å². The molecule has 0 aliphatic rings. The van der Waals surface area contributed by atoms with E-state index in [1.165, 1.54) is 9.83 Å². The maximum atomic E-state index is 11.3. The summed E-state index contributed by atoms with van der Waals surface area (Å²) >= 11 is 2.27. The number of hydrogen-bond donors (Lipinski definition) is 1. The molecule has 0 heterocycles. The normalized spacial score (nSPS) is 13.5. The molecular weight excluding hydrogens is 361 g/mol. The number of hydrogen-bond acceptors (Lipinski definition) is 3. The Labute approximate surface area is 123 Å². The minimum absolute atomic E-state index is 0.122. The number of rotatable bonds is 7. The van der Waals surface area contributed by atoms with Crippen molar-refractivity contribution >= 4 is 32.4 Å². The molecule has 0 aliphatic carbocycles. The predicted octanol–water partition coefficient (Wildman–Crippen LogP) is 2.77. The Hall–Kier alpha value is -0.140. The molecule has 1 unspecified atom stereocenters. The highest BCUT2D eigenvalue weighted by atomic mass is 127. The van der Waals surface area contributed by atoms with E-state index in [1.54, 1.807) is 0 Å². The van der Waals surface area contributed by atoms with E-state index in [4.69, 9.17) is 0 Å². The Morgan fingerprint density at radius 1 is 1.28 bits per heavy atom. The molecule has 3 nitrogen and oxygen atoms in total. The van der Waals surface area contributed by atoms with Gasteiger partial charge in [0.05, 0.1) is 5.75 Å². The summed E-state index contributed by atoms with van der Waals surface area (Å²) in [5.41, 5.74) is 1.16. The van der Waals surface area contributed by atoms with Crippen LogP contribution < -0.4 is 5.32 Å². The Kier molecular flexibility index (Phi) is 6.59. The van der Waals surface area contributed by atoms with Gasteiger partial charge in [-0.15, -0.1) is 0 Å². The molecule has 1 atom stereocenters. The third-order valence-corrected chi connectivity index (χ3v) is 4.39. The SMILES string of the molecule is CCCNC(CCS(C)(=O)=O)c1ccc(I)cc1. The maximum Gasteiger partial charge on any atom is 0.147 e. The van der Waals surface area contributed by atoms with Gasteiger partial charge in [-0.3, -0.25) is 0 Å². The van der Waals surface area contributed by atoms with E-state index >= 15 is 0 Å². The first-order valence-electron chi connectivity index (χ1n) is 6.09. The van der Waals surface area contributed by atoms with Crippen molar-refractivity contribution in [3.8, 4) is 0 Å². The van der Waals surface area contributed by atoms with Gasteiger partial charge in [-0.25, -0.2) is 8.42 Å². The summed E-state index contributed by atoms with van der Waals surface area (Å²) in [6.07, 6.45) is 2.96. The Morgan fingerprint density at radius 2 is 1.89 bits per heavy atom. The van der Waals surface area contributed by atoms with E-state index in [0.717, 1.165) is 18.5 Å². The lowest BCUT2D eigenvalue weighted by Crippen LogP contribution is -2.24. The lowest BCUT2D eigenvalue weighted by Gasteiger charge is -2.18. The highest BCUT2D eigenvalue weighted by Crippen LogP contribution is 2.19. The van der Waals surface area contributed by atoms with Crippen LogP contribution >= 0.6 is 22.6 Å². The number of halogens is 1. The van der Waals surface area contributed by atoms with Crippen molar-refractivity contribution in [2.45, 2.75) is 25.8 Å². The third kappa shape index (κ3) is 6.15. The summed E-state index contributed by atoms with van der Waals surface area (Å²) < 4.78 is 23.7. The Morgan fingerprint density at radius 3 is 2.39 bits per heavy atom. The van der Waals surface area contributed by atoms with E-state index < -0.39 is 9.84 Å². The molecule has 0 fully saturated rings. The minimum atomic E-state index is -2.90. The first kappa shape index (κ1) is 15.9. The molecule has 1 N–H and O–H groups in total. The van der Waals surface area contributed by atoms with Crippen LogP contribution in [0.4, 0.5) is 0 Å². The molecule has 1 aromatic carbocycles. The average Bonchev–Trinajstić information content (AvgIpc) is 2.29. The standard InChI is InChI=1S/C13H20INO2S/c1-3-9-15-13(8-10-18(2,16)17)11-4-6-12(14)7-5-11/h4-7,13,15H,3,8-10H2,1-2H3. The van der Waals surface area contributed by atoms with Gasteiger partial charge in [0, 0.05) is 15.9 Å². The summed E-state index contributed by atoms with van der Waals surface area (Å²) in [6, 6.07) is 8.36. The third-order valence-electron chi connectivity index (χ3n) is 2.69. The molecule has 0 aromatic heterocycles. The molecular formula is C13H20INO2S. The van der Waals surface area contributed by atoms with Crippen LogP contribution in [0.2, 0.25) is 0 Å². The Balaban J connectivity index is 2.74. The van der Waals surface area contributed by atoms with E-state index in [2.05, 4.69) is 59.1 Å². The molecule has 0 saturated heterocycles. The van der Waals surface area contributed by atoms with Crippen molar-refractivity contribution in [2.24, 2.45) is 0 Å². The van der Waals surface area contributed by atoms with E-state index in [0.29, 0.717) is 6.42 Å². The minimum Gasteiger partial charge on any atom is -0.310 e. The largest absolute Gasteiger partial charge is 0.310 e. The second kappa shape index (κ2) is 7.45. The van der Waals surface area contributed by atoms with Crippen LogP contribution in [0, 0.1) is 3.57 Å². The molecule has 1 aromatic rings. The van der Waals surface area contributed by atoms with Crippen LogP contribution in [0.1, 0.15) is 31.4 Å². The second-order valence-corrected chi connectivity index (χ2v) is 7.98. The molecule has 102 valence electrons. The van der Waals surface area contributed by atoms with Crippen molar-refractivity contribution in [2.75, 3.05) is 18.6 Å². The van der Waals surface area contributed by atoms with Gasteiger partial charge < -0.3 is 5.32 Å². The fraction of sp³-hybridized carbons (Fsp3) is 0.538. The van der Waals surface area contributed by atoms with Crippen LogP contribution in [-0.4, -0.2) is 27.0 Å². The summed E-state index contributed by atoms with van der Waals surface area (Å²) in [5.74, 6) is 0.223. The summed E-state index contributed by atoms with van der Waals surface area (Å²) in [5, 5.41) is 3.41. The molecule has 1 rings (SSSR count). The van der Waals surface area contributed by atoms with Gasteiger partial charge >= 0.3 is 0 Å². The first-order chi connectivity index (χ1) is 8.42. The van der Waals surface area contributed by atoms with Crippen LogP contribution in [0.25, 0.3) is 0 Å². The lowest BCUT2D eigenvalue weighted by molar-refractivity contribution is 0.513. The van der Waals surface area contributed by atoms with E-state index in [-0.39, 0.29) is 11.8 Å². The molecule has 0 spiro atoms. The Bertz CT molecular complexity index is 456. The van der Waals surface area contributed by atoms with Gasteiger partial charge in [0.1, 0.15) is 9.84 Å². The smallest absolute Gasteiger partial charge is 0.147 e. The van der Waals surface area contributed by atoms with Gasteiger partial charge in [-0.05, 0) is 59.7 Å². The molecule has 0 bridgehead atoms. The van der Waals surface area contributed by atoms with Crippen molar-refractivity contribution in [1.29, 1.82) is 0 Å². The van der Waals surface area contributed by atoms with Gasteiger partial charge in [0.15, 0.2) is 0 Å². The van der Waals surface area contributed by atoms with Crippen LogP contribution in [0.3, 0.4) is 0 Å². The zero-order valence-electron chi connectivity index (χ0n) is 10.8. The fourth-order valence-electron chi connectivity index (χ4n) is 1.73. The molecule has 18 heavy (non-hydrogen) atoms. The molecule has 5 heteroatoms. The fourth-order valence-corrected chi connectivity index (χ4v) is 2.76. The van der Waals surface area contributed by atoms with Crippen molar-refractivity contribution in [3.05, 3.63) is 33.4 Å². The number of benzene rings is 1. The topological polar surface area (TPSA) is 46.2 Å². The van der Waals surface area contributed by atoms with Gasteiger partial charge in [0.25, 0.3) is 0 Å². The zero-order valence-corrected chi connectivity index (χ0v) is 13.8. The number of nitrogens with one attached hydrogen (secondary N) is 1. The summed E-state index contributed by atoms with van der Waals surface area (Å²) in [7, 11) is -2.90. The number of sulfone groups is 1. The van der Waals surface area contributed by atoms with Crippen molar-refractivity contribution < 1.29 is 8.42 Å².